The third-order valence-corrected chi connectivity index (χ3v) is 2.63. The number of esters is 1. The van der Waals surface area contributed by atoms with Crippen LogP contribution in [0.25, 0.3) is 11.0 Å². The smallest absolute Gasteiger partial charge is 0.345 e. The number of fused-ring (bicyclic) bond motifs is 1. The Morgan fingerprint density at radius 2 is 2.16 bits per heavy atom. The Balaban J connectivity index is 2.65. The van der Waals surface area contributed by atoms with Crippen LogP contribution in [0, 0.1) is 0 Å². The number of carbonyl (C=O) groups is 1. The molecule has 0 spiro atoms. The lowest BCUT2D eigenvalue weighted by molar-refractivity contribution is 0.0597. The van der Waals surface area contributed by atoms with E-state index in [0.717, 1.165) is 12.7 Å². The minimum absolute atomic E-state index is 0.137. The van der Waals surface area contributed by atoms with Crippen molar-refractivity contribution in [3.63, 3.8) is 0 Å². The molecule has 5 heteroatoms. The van der Waals surface area contributed by atoms with Gasteiger partial charge in [0.15, 0.2) is 0 Å². The van der Waals surface area contributed by atoms with Gasteiger partial charge in [0.2, 0.25) is 5.43 Å². The molecule has 1 aromatic carbocycles. The van der Waals surface area contributed by atoms with E-state index in [1.54, 1.807) is 18.2 Å². The average Bonchev–Trinajstić information content (AvgIpc) is 2.44. The van der Waals surface area contributed by atoms with Crippen molar-refractivity contribution in [1.82, 2.24) is 0 Å². The molecule has 0 amide bonds. The molecule has 1 aromatic heterocycles. The molecule has 0 fully saturated rings. The van der Waals surface area contributed by atoms with Crippen LogP contribution in [-0.2, 0) is 4.74 Å². The second-order valence-electron chi connectivity index (χ2n) is 3.95. The standard InChI is InChI=1S/C14H14O5/c1-3-7-18-10-5-4-6-11-12(10)13(15)9(8-19-11)14(16)17-2/h4-6,8H,3,7H2,1-2H3. The molecule has 2 rings (SSSR count). The summed E-state index contributed by atoms with van der Waals surface area (Å²) in [5.41, 5.74) is -0.200. The molecule has 19 heavy (non-hydrogen) atoms. The number of ether oxygens (including phenoxy) is 2. The van der Waals surface area contributed by atoms with E-state index < -0.39 is 11.4 Å². The average molecular weight is 262 g/mol. The van der Waals surface area contributed by atoms with Gasteiger partial charge in [0.05, 0.1) is 13.7 Å². The van der Waals surface area contributed by atoms with Crippen molar-refractivity contribution in [3.05, 3.63) is 40.2 Å². The molecule has 0 aliphatic heterocycles. The molecule has 2 aromatic rings. The van der Waals surface area contributed by atoms with Crippen molar-refractivity contribution < 1.29 is 18.7 Å². The summed E-state index contributed by atoms with van der Waals surface area (Å²) in [6.07, 6.45) is 1.93. The summed E-state index contributed by atoms with van der Waals surface area (Å²) in [5, 5.41) is 0.263. The molecule has 0 unspecified atom stereocenters. The Morgan fingerprint density at radius 1 is 1.37 bits per heavy atom. The summed E-state index contributed by atoms with van der Waals surface area (Å²) in [6.45, 7) is 2.45. The highest BCUT2D eigenvalue weighted by Crippen LogP contribution is 2.23. The van der Waals surface area contributed by atoms with Crippen molar-refractivity contribution in [1.29, 1.82) is 0 Å². The second kappa shape index (κ2) is 5.56. The fourth-order valence-corrected chi connectivity index (χ4v) is 1.73. The first kappa shape index (κ1) is 13.1. The molecule has 0 N–H and O–H groups in total. The van der Waals surface area contributed by atoms with Crippen molar-refractivity contribution in [2.45, 2.75) is 13.3 Å². The lowest BCUT2D eigenvalue weighted by atomic mass is 10.1. The molecule has 5 nitrogen and oxygen atoms in total. The summed E-state index contributed by atoms with van der Waals surface area (Å²) in [6, 6.07) is 5.06. The lowest BCUT2D eigenvalue weighted by Crippen LogP contribution is -2.16. The zero-order chi connectivity index (χ0) is 13.8. The molecule has 0 aliphatic rings. The molecule has 0 radical (unpaired) electrons. The summed E-state index contributed by atoms with van der Waals surface area (Å²) >= 11 is 0. The van der Waals surface area contributed by atoms with E-state index in [2.05, 4.69) is 4.74 Å². The second-order valence-corrected chi connectivity index (χ2v) is 3.95. The third kappa shape index (κ3) is 2.45. The minimum atomic E-state index is -0.721. The normalized spacial score (nSPS) is 10.4. The molecule has 0 bridgehead atoms. The van der Waals surface area contributed by atoms with E-state index in [1.807, 2.05) is 6.92 Å². The maximum Gasteiger partial charge on any atom is 0.345 e. The van der Waals surface area contributed by atoms with Crippen LogP contribution in [0.2, 0.25) is 0 Å². The van der Waals surface area contributed by atoms with E-state index in [9.17, 15) is 9.59 Å². The van der Waals surface area contributed by atoms with E-state index in [4.69, 9.17) is 9.15 Å². The van der Waals surface area contributed by atoms with Crippen LogP contribution < -0.4 is 10.2 Å². The Labute approximate surface area is 109 Å². The van der Waals surface area contributed by atoms with E-state index in [0.29, 0.717) is 17.9 Å². The Hall–Kier alpha value is -2.30. The fourth-order valence-electron chi connectivity index (χ4n) is 1.73. The third-order valence-electron chi connectivity index (χ3n) is 2.63. The summed E-state index contributed by atoms with van der Waals surface area (Å²) < 4.78 is 15.3. The van der Waals surface area contributed by atoms with Gasteiger partial charge in [-0.3, -0.25) is 4.79 Å². The topological polar surface area (TPSA) is 65.7 Å². The highest BCUT2D eigenvalue weighted by atomic mass is 16.5. The first-order valence-corrected chi connectivity index (χ1v) is 5.94. The molecule has 0 atom stereocenters. The van der Waals surface area contributed by atoms with Gasteiger partial charge in [0.1, 0.15) is 28.5 Å². The van der Waals surface area contributed by atoms with Crippen LogP contribution >= 0.6 is 0 Å². The van der Waals surface area contributed by atoms with Crippen LogP contribution in [0.4, 0.5) is 0 Å². The van der Waals surface area contributed by atoms with Gasteiger partial charge in [-0.2, -0.15) is 0 Å². The zero-order valence-corrected chi connectivity index (χ0v) is 10.8. The van der Waals surface area contributed by atoms with Gasteiger partial charge in [-0.1, -0.05) is 13.0 Å². The zero-order valence-electron chi connectivity index (χ0n) is 10.8. The van der Waals surface area contributed by atoms with Gasteiger partial charge in [0.25, 0.3) is 0 Å². The molecular formula is C14H14O5. The number of benzene rings is 1. The predicted molar refractivity (Wildman–Crippen MR) is 69.6 cm³/mol. The van der Waals surface area contributed by atoms with Gasteiger partial charge < -0.3 is 13.9 Å². The van der Waals surface area contributed by atoms with Crippen LogP contribution in [0.5, 0.6) is 5.75 Å². The number of carbonyl (C=O) groups excluding carboxylic acids is 1. The van der Waals surface area contributed by atoms with E-state index in [-0.39, 0.29) is 10.9 Å². The minimum Gasteiger partial charge on any atom is -0.493 e. The number of methoxy groups -OCH3 is 1. The van der Waals surface area contributed by atoms with Crippen molar-refractivity contribution in [2.75, 3.05) is 13.7 Å². The van der Waals surface area contributed by atoms with E-state index >= 15 is 0 Å². The van der Waals surface area contributed by atoms with Gasteiger partial charge in [-0.25, -0.2) is 4.79 Å². The van der Waals surface area contributed by atoms with Gasteiger partial charge >= 0.3 is 5.97 Å². The molecule has 0 saturated carbocycles. The molecule has 0 saturated heterocycles. The van der Waals surface area contributed by atoms with Crippen molar-refractivity contribution in [2.24, 2.45) is 0 Å². The Bertz CT molecular complexity index is 656. The summed E-state index contributed by atoms with van der Waals surface area (Å²) in [5.74, 6) is -0.306. The Morgan fingerprint density at radius 3 is 2.84 bits per heavy atom. The first-order valence-electron chi connectivity index (χ1n) is 5.94. The summed E-state index contributed by atoms with van der Waals surface area (Å²) in [4.78, 5) is 23.8. The largest absolute Gasteiger partial charge is 0.493 e. The molecule has 100 valence electrons. The maximum absolute atomic E-state index is 12.3. The van der Waals surface area contributed by atoms with Crippen molar-refractivity contribution in [3.8, 4) is 5.75 Å². The van der Waals surface area contributed by atoms with E-state index in [1.165, 1.54) is 7.11 Å². The van der Waals surface area contributed by atoms with Crippen LogP contribution in [-0.4, -0.2) is 19.7 Å². The monoisotopic (exact) mass is 262 g/mol. The molecule has 1 heterocycles. The van der Waals surface area contributed by atoms with Crippen LogP contribution in [0.3, 0.4) is 0 Å². The number of hydrogen-bond donors (Lipinski definition) is 0. The lowest BCUT2D eigenvalue weighted by Gasteiger charge is -2.07. The van der Waals surface area contributed by atoms with Crippen LogP contribution in [0.15, 0.2) is 33.7 Å². The van der Waals surface area contributed by atoms with Crippen molar-refractivity contribution >= 4 is 16.9 Å². The summed E-state index contributed by atoms with van der Waals surface area (Å²) in [7, 11) is 1.21. The SMILES string of the molecule is CCCOc1cccc2occ(C(=O)OC)c(=O)c12. The fraction of sp³-hybridized carbons (Fsp3) is 0.286. The highest BCUT2D eigenvalue weighted by Gasteiger charge is 2.17. The maximum atomic E-state index is 12.3. The number of rotatable bonds is 4. The quantitative estimate of drug-likeness (QED) is 0.791. The molecule has 0 aliphatic carbocycles. The van der Waals surface area contributed by atoms with Gasteiger partial charge in [0, 0.05) is 0 Å². The van der Waals surface area contributed by atoms with Crippen LogP contribution in [0.1, 0.15) is 23.7 Å². The Kier molecular flexibility index (Phi) is 3.85. The molecular weight excluding hydrogens is 248 g/mol. The first-order chi connectivity index (χ1) is 9.19. The highest BCUT2D eigenvalue weighted by molar-refractivity contribution is 5.94. The predicted octanol–water partition coefficient (Wildman–Crippen LogP) is 2.37. The van der Waals surface area contributed by atoms with Gasteiger partial charge in [-0.05, 0) is 18.6 Å². The van der Waals surface area contributed by atoms with Gasteiger partial charge in [-0.15, -0.1) is 0 Å². The number of hydrogen-bond acceptors (Lipinski definition) is 5.